The van der Waals surface area contributed by atoms with Gasteiger partial charge in [0.05, 0.1) is 17.9 Å². The molecule has 3 aromatic rings. The van der Waals surface area contributed by atoms with Gasteiger partial charge < -0.3 is 5.73 Å². The Hall–Kier alpha value is -2.40. The average Bonchev–Trinajstić information content (AvgIpc) is 2.83. The molecule has 2 heterocycles. The zero-order valence-electron chi connectivity index (χ0n) is 11.5. The van der Waals surface area contributed by atoms with E-state index >= 15 is 0 Å². The second-order valence-electron chi connectivity index (χ2n) is 4.75. The second kappa shape index (κ2) is 5.54. The lowest BCUT2D eigenvalue weighted by Gasteiger charge is -2.02. The van der Waals surface area contributed by atoms with Gasteiger partial charge >= 0.3 is 0 Å². The molecule has 0 aliphatic carbocycles. The first-order valence-electron chi connectivity index (χ1n) is 6.49. The molecule has 0 radical (unpaired) electrons. The Morgan fingerprint density at radius 1 is 1.10 bits per heavy atom. The molecule has 0 fully saturated rings. The highest BCUT2D eigenvalue weighted by atomic mass is 35.5. The highest BCUT2D eigenvalue weighted by Gasteiger charge is 2.13. The van der Waals surface area contributed by atoms with Crippen molar-refractivity contribution in [3.05, 3.63) is 59.1 Å². The number of hydrogen-bond donors (Lipinski definition) is 1. The van der Waals surface area contributed by atoms with E-state index in [-0.39, 0.29) is 0 Å². The third-order valence-corrected chi connectivity index (χ3v) is 3.41. The number of benzene rings is 1. The highest BCUT2D eigenvalue weighted by Crippen LogP contribution is 2.24. The van der Waals surface area contributed by atoms with Crippen molar-refractivity contribution < 1.29 is 0 Å². The van der Waals surface area contributed by atoms with Crippen LogP contribution in [-0.4, -0.2) is 19.7 Å². The normalized spacial score (nSPS) is 10.8. The van der Waals surface area contributed by atoms with Crippen LogP contribution in [0.5, 0.6) is 0 Å². The lowest BCUT2D eigenvalue weighted by molar-refractivity contribution is 0.689. The maximum Gasteiger partial charge on any atom is 0.135 e. The van der Waals surface area contributed by atoms with Crippen LogP contribution in [0.1, 0.15) is 11.3 Å². The summed E-state index contributed by atoms with van der Waals surface area (Å²) >= 11 is 5.88. The first kappa shape index (κ1) is 13.6. The fraction of sp³-hybridized carbons (Fsp3) is 0.133. The van der Waals surface area contributed by atoms with Gasteiger partial charge in [0.2, 0.25) is 0 Å². The van der Waals surface area contributed by atoms with Gasteiger partial charge in [0.1, 0.15) is 11.4 Å². The van der Waals surface area contributed by atoms with Crippen molar-refractivity contribution in [3.8, 4) is 11.4 Å². The molecule has 0 aliphatic rings. The van der Waals surface area contributed by atoms with Crippen molar-refractivity contribution in [2.75, 3.05) is 5.73 Å². The summed E-state index contributed by atoms with van der Waals surface area (Å²) in [6.45, 7) is 2.51. The molecule has 0 unspecified atom stereocenters. The molecule has 1 aromatic carbocycles. The predicted molar refractivity (Wildman–Crippen MR) is 83.0 cm³/mol. The number of halogens is 1. The molecule has 3 rings (SSSR count). The molecule has 106 valence electrons. The Morgan fingerprint density at radius 3 is 2.52 bits per heavy atom. The quantitative estimate of drug-likeness (QED) is 0.807. The monoisotopic (exact) mass is 299 g/mol. The van der Waals surface area contributed by atoms with Crippen molar-refractivity contribution >= 4 is 17.3 Å². The second-order valence-corrected chi connectivity index (χ2v) is 5.18. The molecular weight excluding hydrogens is 286 g/mol. The first-order valence-corrected chi connectivity index (χ1v) is 6.86. The Kier molecular flexibility index (Phi) is 3.58. The van der Waals surface area contributed by atoms with E-state index in [0.29, 0.717) is 23.6 Å². The Morgan fingerprint density at radius 2 is 1.81 bits per heavy atom. The number of nitrogen functional groups attached to an aromatic ring is 1. The largest absolute Gasteiger partial charge is 0.396 e. The molecule has 5 nitrogen and oxygen atoms in total. The van der Waals surface area contributed by atoms with E-state index < -0.39 is 0 Å². The van der Waals surface area contributed by atoms with Gasteiger partial charge in [0.15, 0.2) is 0 Å². The third-order valence-electron chi connectivity index (χ3n) is 3.15. The van der Waals surface area contributed by atoms with Gasteiger partial charge in [0, 0.05) is 23.6 Å². The van der Waals surface area contributed by atoms with Gasteiger partial charge in [-0.2, -0.15) is 5.10 Å². The van der Waals surface area contributed by atoms with E-state index in [2.05, 4.69) is 15.1 Å². The molecule has 21 heavy (non-hydrogen) atoms. The Labute approximate surface area is 127 Å². The number of anilines is 1. The van der Waals surface area contributed by atoms with E-state index in [1.54, 1.807) is 23.3 Å². The molecule has 0 saturated carbocycles. The van der Waals surface area contributed by atoms with E-state index in [0.717, 1.165) is 16.3 Å². The van der Waals surface area contributed by atoms with E-state index in [1.165, 1.54) is 0 Å². The number of aromatic nitrogens is 4. The van der Waals surface area contributed by atoms with E-state index in [1.807, 2.05) is 31.2 Å². The van der Waals surface area contributed by atoms with Crippen LogP contribution in [0.2, 0.25) is 5.02 Å². The minimum atomic E-state index is 0.590. The number of rotatable bonds is 3. The Balaban J connectivity index is 1.91. The summed E-state index contributed by atoms with van der Waals surface area (Å²) < 4.78 is 1.79. The predicted octanol–water partition coefficient (Wildman–Crippen LogP) is 2.93. The van der Waals surface area contributed by atoms with Crippen LogP contribution in [0.4, 0.5) is 5.69 Å². The maximum absolute atomic E-state index is 6.05. The third kappa shape index (κ3) is 2.87. The summed E-state index contributed by atoms with van der Waals surface area (Å²) in [5.74, 6) is 0. The van der Waals surface area contributed by atoms with Crippen LogP contribution in [0.15, 0.2) is 42.9 Å². The zero-order chi connectivity index (χ0) is 14.8. The number of nitrogens with two attached hydrogens (primary N) is 1. The fourth-order valence-corrected chi connectivity index (χ4v) is 2.24. The summed E-state index contributed by atoms with van der Waals surface area (Å²) in [5.41, 5.74) is 9.92. The first-order chi connectivity index (χ1) is 10.1. The van der Waals surface area contributed by atoms with E-state index in [4.69, 9.17) is 17.3 Å². The lowest BCUT2D eigenvalue weighted by Crippen LogP contribution is -2.01. The van der Waals surface area contributed by atoms with Crippen LogP contribution >= 0.6 is 11.6 Å². The molecule has 0 saturated heterocycles. The summed E-state index contributed by atoms with van der Waals surface area (Å²) in [7, 11) is 0. The van der Waals surface area contributed by atoms with Crippen LogP contribution < -0.4 is 5.73 Å². The number of hydrogen-bond acceptors (Lipinski definition) is 4. The maximum atomic E-state index is 6.05. The summed E-state index contributed by atoms with van der Waals surface area (Å²) in [4.78, 5) is 8.52. The van der Waals surface area contributed by atoms with Gasteiger partial charge in [-0.3, -0.25) is 14.6 Å². The van der Waals surface area contributed by atoms with Gasteiger partial charge in [0.25, 0.3) is 0 Å². The molecule has 2 aromatic heterocycles. The molecule has 0 amide bonds. The van der Waals surface area contributed by atoms with Crippen molar-refractivity contribution in [1.82, 2.24) is 19.7 Å². The lowest BCUT2D eigenvalue weighted by atomic mass is 10.2. The number of aryl methyl sites for hydroxylation is 1. The summed E-state index contributed by atoms with van der Waals surface area (Å²) in [6.07, 6.45) is 5.10. The molecule has 2 N–H and O–H groups in total. The molecule has 6 heteroatoms. The SMILES string of the molecule is Cc1nccnc1-c1nn(Cc2ccc(Cl)cc2)cc1N. The zero-order valence-corrected chi connectivity index (χ0v) is 12.2. The minimum Gasteiger partial charge on any atom is -0.396 e. The topological polar surface area (TPSA) is 69.6 Å². The highest BCUT2D eigenvalue weighted by molar-refractivity contribution is 6.30. The molecule has 0 atom stereocenters. The Bertz CT molecular complexity index is 764. The van der Waals surface area contributed by atoms with Crippen molar-refractivity contribution in [3.63, 3.8) is 0 Å². The van der Waals surface area contributed by atoms with E-state index in [9.17, 15) is 0 Å². The molecule has 0 spiro atoms. The van der Waals surface area contributed by atoms with Gasteiger partial charge in [-0.15, -0.1) is 0 Å². The van der Waals surface area contributed by atoms with Crippen LogP contribution in [0, 0.1) is 6.92 Å². The van der Waals surface area contributed by atoms with Gasteiger partial charge in [-0.05, 0) is 24.6 Å². The minimum absolute atomic E-state index is 0.590. The molecule has 0 aliphatic heterocycles. The number of nitrogens with zero attached hydrogens (tertiary/aromatic N) is 4. The smallest absolute Gasteiger partial charge is 0.135 e. The summed E-state index contributed by atoms with van der Waals surface area (Å²) in [6, 6.07) is 7.65. The van der Waals surface area contributed by atoms with Crippen LogP contribution in [-0.2, 0) is 6.54 Å². The fourth-order valence-electron chi connectivity index (χ4n) is 2.12. The van der Waals surface area contributed by atoms with Crippen molar-refractivity contribution in [1.29, 1.82) is 0 Å². The van der Waals surface area contributed by atoms with Crippen molar-refractivity contribution in [2.24, 2.45) is 0 Å². The molecular formula is C15H14ClN5. The van der Waals surface area contributed by atoms with Crippen LogP contribution in [0.25, 0.3) is 11.4 Å². The van der Waals surface area contributed by atoms with Crippen LogP contribution in [0.3, 0.4) is 0 Å². The van der Waals surface area contributed by atoms with Crippen molar-refractivity contribution in [2.45, 2.75) is 13.5 Å². The van der Waals surface area contributed by atoms with Gasteiger partial charge in [-0.25, -0.2) is 0 Å². The van der Waals surface area contributed by atoms with Gasteiger partial charge in [-0.1, -0.05) is 23.7 Å². The molecule has 0 bridgehead atoms. The average molecular weight is 300 g/mol. The standard InChI is InChI=1S/C15H14ClN5/c1-10-14(19-7-6-18-10)15-13(17)9-21(20-15)8-11-2-4-12(16)5-3-11/h2-7,9H,8,17H2,1H3. The summed E-state index contributed by atoms with van der Waals surface area (Å²) in [5, 5.41) is 5.23.